The molecule has 0 fully saturated rings. The maximum absolute atomic E-state index is 11.8. The van der Waals surface area contributed by atoms with Crippen molar-refractivity contribution in [1.82, 2.24) is 14.5 Å². The van der Waals surface area contributed by atoms with Crippen LogP contribution in [0.15, 0.2) is 33.7 Å². The molecular formula is C12H17N3O2. The van der Waals surface area contributed by atoms with Gasteiger partial charge in [-0.05, 0) is 26.1 Å². The predicted octanol–water partition coefficient (Wildman–Crippen LogP) is 1.03. The summed E-state index contributed by atoms with van der Waals surface area (Å²) < 4.78 is 8.90. The minimum atomic E-state index is -0.000864. The molecule has 2 aromatic heterocycles. The summed E-state index contributed by atoms with van der Waals surface area (Å²) in [4.78, 5) is 11.8. The Balaban J connectivity index is 2.14. The second-order valence-corrected chi connectivity index (χ2v) is 3.89. The van der Waals surface area contributed by atoms with E-state index in [0.29, 0.717) is 19.6 Å². The Kier molecular flexibility index (Phi) is 3.49. The Morgan fingerprint density at radius 1 is 1.24 bits per heavy atom. The fraction of sp³-hybridized carbons (Fsp3) is 0.417. The molecule has 0 saturated carbocycles. The maximum atomic E-state index is 11.8. The zero-order chi connectivity index (χ0) is 12.3. The van der Waals surface area contributed by atoms with Crippen LogP contribution >= 0.6 is 0 Å². The highest BCUT2D eigenvalue weighted by Crippen LogP contribution is 2.08. The summed E-state index contributed by atoms with van der Waals surface area (Å²) in [6.07, 6.45) is 3.58. The smallest absolute Gasteiger partial charge is 0.328 e. The van der Waals surface area contributed by atoms with Crippen molar-refractivity contribution in [1.29, 1.82) is 0 Å². The lowest BCUT2D eigenvalue weighted by molar-refractivity contribution is 0.441. The largest absolute Gasteiger partial charge is 0.463 e. The average Bonchev–Trinajstić information content (AvgIpc) is 2.89. The molecular weight excluding hydrogens is 218 g/mol. The highest BCUT2D eigenvalue weighted by Gasteiger charge is 2.06. The molecule has 0 aliphatic carbocycles. The minimum absolute atomic E-state index is 0.000864. The number of aryl methyl sites for hydroxylation is 1. The molecule has 1 N–H and O–H groups in total. The van der Waals surface area contributed by atoms with Gasteiger partial charge in [-0.3, -0.25) is 9.13 Å². The molecule has 0 aliphatic heterocycles. The summed E-state index contributed by atoms with van der Waals surface area (Å²) in [6, 6.07) is 3.83. The number of furan rings is 1. The molecule has 5 heteroatoms. The van der Waals surface area contributed by atoms with Crippen LogP contribution in [0, 0.1) is 0 Å². The molecule has 0 radical (unpaired) electrons. The predicted molar refractivity (Wildman–Crippen MR) is 64.9 cm³/mol. The molecule has 5 nitrogen and oxygen atoms in total. The number of rotatable bonds is 5. The van der Waals surface area contributed by atoms with Crippen molar-refractivity contribution in [3.05, 3.63) is 46.5 Å². The van der Waals surface area contributed by atoms with Crippen molar-refractivity contribution in [2.24, 2.45) is 0 Å². The molecule has 0 unspecified atom stereocenters. The van der Waals surface area contributed by atoms with E-state index in [-0.39, 0.29) is 5.69 Å². The van der Waals surface area contributed by atoms with E-state index < -0.39 is 0 Å². The van der Waals surface area contributed by atoms with E-state index in [0.717, 1.165) is 11.5 Å². The van der Waals surface area contributed by atoms with Gasteiger partial charge in [-0.1, -0.05) is 0 Å². The number of imidazole rings is 1. The van der Waals surface area contributed by atoms with E-state index in [2.05, 4.69) is 5.32 Å². The monoisotopic (exact) mass is 235 g/mol. The molecule has 2 rings (SSSR count). The molecule has 0 spiro atoms. The second-order valence-electron chi connectivity index (χ2n) is 3.89. The molecule has 92 valence electrons. The van der Waals surface area contributed by atoms with Crippen LogP contribution < -0.4 is 11.0 Å². The van der Waals surface area contributed by atoms with E-state index in [1.54, 1.807) is 21.5 Å². The average molecular weight is 235 g/mol. The van der Waals surface area contributed by atoms with Crippen molar-refractivity contribution < 1.29 is 4.42 Å². The van der Waals surface area contributed by atoms with Gasteiger partial charge in [-0.25, -0.2) is 4.79 Å². The molecule has 0 atom stereocenters. The van der Waals surface area contributed by atoms with E-state index in [9.17, 15) is 4.79 Å². The molecule has 0 saturated heterocycles. The van der Waals surface area contributed by atoms with Gasteiger partial charge in [0, 0.05) is 18.9 Å². The minimum Gasteiger partial charge on any atom is -0.463 e. The van der Waals surface area contributed by atoms with Gasteiger partial charge in [0.2, 0.25) is 0 Å². The molecule has 2 aromatic rings. The highest BCUT2D eigenvalue weighted by atomic mass is 16.3. The summed E-state index contributed by atoms with van der Waals surface area (Å²) in [6.45, 7) is 3.82. The van der Waals surface area contributed by atoms with Crippen LogP contribution in [-0.2, 0) is 19.6 Å². The topological polar surface area (TPSA) is 52.1 Å². The molecule has 0 aromatic carbocycles. The van der Waals surface area contributed by atoms with E-state index in [1.165, 1.54) is 0 Å². The van der Waals surface area contributed by atoms with Crippen LogP contribution in [0.4, 0.5) is 0 Å². The Hall–Kier alpha value is -1.75. The fourth-order valence-corrected chi connectivity index (χ4v) is 1.76. The van der Waals surface area contributed by atoms with E-state index >= 15 is 0 Å². The Morgan fingerprint density at radius 3 is 2.59 bits per heavy atom. The second kappa shape index (κ2) is 5.05. The summed E-state index contributed by atoms with van der Waals surface area (Å²) >= 11 is 0. The first-order chi connectivity index (χ1) is 8.24. The van der Waals surface area contributed by atoms with Gasteiger partial charge in [0.05, 0.1) is 13.1 Å². The summed E-state index contributed by atoms with van der Waals surface area (Å²) in [7, 11) is 1.87. The van der Waals surface area contributed by atoms with Gasteiger partial charge in [-0.2, -0.15) is 0 Å². The van der Waals surface area contributed by atoms with Gasteiger partial charge in [0.15, 0.2) is 0 Å². The number of hydrogen-bond acceptors (Lipinski definition) is 3. The summed E-state index contributed by atoms with van der Waals surface area (Å²) in [5, 5.41) is 3.02. The number of aromatic nitrogens is 2. The van der Waals surface area contributed by atoms with Crippen molar-refractivity contribution in [2.75, 3.05) is 7.05 Å². The number of nitrogens with zero attached hydrogens (tertiary/aromatic N) is 2. The Morgan fingerprint density at radius 2 is 1.94 bits per heavy atom. The first kappa shape index (κ1) is 11.7. The van der Waals surface area contributed by atoms with Gasteiger partial charge < -0.3 is 9.73 Å². The van der Waals surface area contributed by atoms with E-state index in [4.69, 9.17) is 4.42 Å². The number of nitrogens with one attached hydrogen (secondary N) is 1. The van der Waals surface area contributed by atoms with Crippen molar-refractivity contribution in [2.45, 2.75) is 26.6 Å². The zero-order valence-electron chi connectivity index (χ0n) is 10.1. The lowest BCUT2D eigenvalue weighted by Crippen LogP contribution is -2.23. The van der Waals surface area contributed by atoms with Crippen LogP contribution in [0.2, 0.25) is 0 Å². The van der Waals surface area contributed by atoms with Gasteiger partial charge in [0.1, 0.15) is 11.5 Å². The Bertz CT molecular complexity index is 536. The van der Waals surface area contributed by atoms with Gasteiger partial charge >= 0.3 is 5.69 Å². The third-order valence-electron chi connectivity index (χ3n) is 2.65. The van der Waals surface area contributed by atoms with Crippen molar-refractivity contribution >= 4 is 0 Å². The molecule has 0 aliphatic rings. The maximum Gasteiger partial charge on any atom is 0.328 e. The SMILES string of the molecule is CCn1ccn(Cc2ccc(CNC)o2)c1=O. The third-order valence-corrected chi connectivity index (χ3v) is 2.65. The van der Waals surface area contributed by atoms with Crippen LogP contribution in [0.25, 0.3) is 0 Å². The van der Waals surface area contributed by atoms with Crippen LogP contribution in [0.5, 0.6) is 0 Å². The first-order valence-corrected chi connectivity index (χ1v) is 5.72. The van der Waals surface area contributed by atoms with Crippen LogP contribution in [-0.4, -0.2) is 16.2 Å². The fourth-order valence-electron chi connectivity index (χ4n) is 1.76. The molecule has 17 heavy (non-hydrogen) atoms. The normalized spacial score (nSPS) is 10.9. The highest BCUT2D eigenvalue weighted by molar-refractivity contribution is 5.07. The summed E-state index contributed by atoms with van der Waals surface area (Å²) in [5.74, 6) is 1.68. The van der Waals surface area contributed by atoms with Crippen molar-refractivity contribution in [3.63, 3.8) is 0 Å². The van der Waals surface area contributed by atoms with Crippen LogP contribution in [0.3, 0.4) is 0 Å². The van der Waals surface area contributed by atoms with Crippen LogP contribution in [0.1, 0.15) is 18.4 Å². The van der Waals surface area contributed by atoms with Gasteiger partial charge in [-0.15, -0.1) is 0 Å². The standard InChI is InChI=1S/C12H17N3O2/c1-3-14-6-7-15(12(14)16)9-11-5-4-10(17-11)8-13-2/h4-7,13H,3,8-9H2,1-2H3. The quantitative estimate of drug-likeness (QED) is 0.842. The summed E-state index contributed by atoms with van der Waals surface area (Å²) in [5.41, 5.74) is -0.000864. The lowest BCUT2D eigenvalue weighted by atomic mass is 10.4. The van der Waals surface area contributed by atoms with Gasteiger partial charge in [0.25, 0.3) is 0 Å². The molecule has 0 amide bonds. The first-order valence-electron chi connectivity index (χ1n) is 5.72. The Labute approximate surface area is 99.7 Å². The lowest BCUT2D eigenvalue weighted by Gasteiger charge is -1.98. The molecule has 2 heterocycles. The van der Waals surface area contributed by atoms with Crippen molar-refractivity contribution in [3.8, 4) is 0 Å². The third kappa shape index (κ3) is 2.50. The zero-order valence-corrected chi connectivity index (χ0v) is 10.1. The molecule has 0 bridgehead atoms. The van der Waals surface area contributed by atoms with E-state index in [1.807, 2.05) is 26.1 Å². The number of hydrogen-bond donors (Lipinski definition) is 1.